The largest absolute Gasteiger partial charge is 0.491 e. The normalized spacial score (nSPS) is 13.7. The van der Waals surface area contributed by atoms with E-state index in [2.05, 4.69) is 0 Å². The zero-order chi connectivity index (χ0) is 11.5. The number of hydrogen-bond donors (Lipinski definition) is 0. The van der Waals surface area contributed by atoms with Crippen molar-refractivity contribution in [1.82, 2.24) is 0 Å². The molecule has 0 spiro atoms. The molecular weight excluding hydrogens is 229 g/mol. The van der Waals surface area contributed by atoms with Gasteiger partial charge in [-0.1, -0.05) is 12.1 Å². The van der Waals surface area contributed by atoms with Crippen molar-refractivity contribution in [2.45, 2.75) is 18.5 Å². The minimum Gasteiger partial charge on any atom is -0.491 e. The van der Waals surface area contributed by atoms with E-state index in [9.17, 15) is 13.2 Å². The smallest absolute Gasteiger partial charge is 0.419 e. The van der Waals surface area contributed by atoms with E-state index in [4.69, 9.17) is 16.3 Å². The molecule has 1 rings (SSSR count). The Morgan fingerprint density at radius 1 is 1.33 bits per heavy atom. The van der Waals surface area contributed by atoms with Crippen LogP contribution in [0.25, 0.3) is 0 Å². The SMILES string of the molecule is CC(Cl)COc1ccccc1C(F)(F)F. The summed E-state index contributed by atoms with van der Waals surface area (Å²) in [4.78, 5) is 0. The molecule has 1 aromatic carbocycles. The molecule has 0 aliphatic rings. The summed E-state index contributed by atoms with van der Waals surface area (Å²) >= 11 is 5.59. The second-order valence-corrected chi connectivity index (χ2v) is 3.83. The van der Waals surface area contributed by atoms with Crippen molar-refractivity contribution in [3.8, 4) is 5.75 Å². The molecule has 0 bridgehead atoms. The molecule has 0 radical (unpaired) electrons. The molecule has 0 aliphatic heterocycles. The van der Waals surface area contributed by atoms with Crippen molar-refractivity contribution in [3.63, 3.8) is 0 Å². The fraction of sp³-hybridized carbons (Fsp3) is 0.400. The lowest BCUT2D eigenvalue weighted by molar-refractivity contribution is -0.138. The summed E-state index contributed by atoms with van der Waals surface area (Å²) in [5.41, 5.74) is -0.776. The van der Waals surface area contributed by atoms with E-state index < -0.39 is 11.7 Å². The Balaban J connectivity index is 2.87. The highest BCUT2D eigenvalue weighted by Gasteiger charge is 2.33. The Morgan fingerprint density at radius 2 is 1.93 bits per heavy atom. The van der Waals surface area contributed by atoms with Gasteiger partial charge in [0, 0.05) is 0 Å². The van der Waals surface area contributed by atoms with Gasteiger partial charge in [0.2, 0.25) is 0 Å². The highest BCUT2D eigenvalue weighted by molar-refractivity contribution is 6.20. The van der Waals surface area contributed by atoms with Crippen molar-refractivity contribution in [1.29, 1.82) is 0 Å². The van der Waals surface area contributed by atoms with Gasteiger partial charge >= 0.3 is 6.18 Å². The Labute approximate surface area is 90.8 Å². The first-order valence-corrected chi connectivity index (χ1v) is 4.78. The van der Waals surface area contributed by atoms with Gasteiger partial charge in [-0.05, 0) is 19.1 Å². The molecule has 84 valence electrons. The number of ether oxygens (including phenoxy) is 1. The third-order valence-electron chi connectivity index (χ3n) is 1.66. The Morgan fingerprint density at radius 3 is 2.47 bits per heavy atom. The molecule has 0 fully saturated rings. The van der Waals surface area contributed by atoms with Gasteiger partial charge in [0.25, 0.3) is 0 Å². The number of benzene rings is 1. The van der Waals surface area contributed by atoms with Crippen molar-refractivity contribution in [2.24, 2.45) is 0 Å². The molecule has 1 aromatic rings. The Hall–Kier alpha value is -0.900. The molecule has 0 heterocycles. The molecule has 1 nitrogen and oxygen atoms in total. The summed E-state index contributed by atoms with van der Waals surface area (Å²) < 4.78 is 42.4. The van der Waals surface area contributed by atoms with Gasteiger partial charge in [-0.3, -0.25) is 0 Å². The number of halogens is 4. The van der Waals surface area contributed by atoms with Crippen LogP contribution in [-0.4, -0.2) is 12.0 Å². The maximum Gasteiger partial charge on any atom is 0.419 e. The monoisotopic (exact) mass is 238 g/mol. The third-order valence-corrected chi connectivity index (χ3v) is 1.79. The van der Waals surface area contributed by atoms with Gasteiger partial charge in [-0.2, -0.15) is 13.2 Å². The van der Waals surface area contributed by atoms with Crippen molar-refractivity contribution in [3.05, 3.63) is 29.8 Å². The number of rotatable bonds is 3. The van der Waals surface area contributed by atoms with Crippen LogP contribution < -0.4 is 4.74 Å². The van der Waals surface area contributed by atoms with E-state index >= 15 is 0 Å². The van der Waals surface area contributed by atoms with Crippen LogP contribution in [0, 0.1) is 0 Å². The maximum atomic E-state index is 12.5. The van der Waals surface area contributed by atoms with E-state index in [0.29, 0.717) is 0 Å². The predicted octanol–water partition coefficient (Wildman–Crippen LogP) is 3.71. The molecule has 0 N–H and O–H groups in total. The van der Waals surface area contributed by atoms with Crippen LogP contribution in [0.4, 0.5) is 13.2 Å². The summed E-state index contributed by atoms with van der Waals surface area (Å²) in [7, 11) is 0. The minimum atomic E-state index is -4.40. The van der Waals surface area contributed by atoms with E-state index in [1.165, 1.54) is 18.2 Å². The highest BCUT2D eigenvalue weighted by atomic mass is 35.5. The predicted molar refractivity (Wildman–Crippen MR) is 52.3 cm³/mol. The van der Waals surface area contributed by atoms with Gasteiger partial charge < -0.3 is 4.74 Å². The summed E-state index contributed by atoms with van der Waals surface area (Å²) in [6, 6.07) is 5.07. The summed E-state index contributed by atoms with van der Waals surface area (Å²) in [5, 5.41) is -0.328. The quantitative estimate of drug-likeness (QED) is 0.730. The fourth-order valence-corrected chi connectivity index (χ4v) is 1.09. The van der Waals surface area contributed by atoms with Crippen LogP contribution in [-0.2, 0) is 6.18 Å². The van der Waals surface area contributed by atoms with Gasteiger partial charge in [0.15, 0.2) is 0 Å². The molecule has 0 saturated heterocycles. The summed E-state index contributed by atoms with van der Waals surface area (Å²) in [6.45, 7) is 1.70. The first kappa shape index (κ1) is 12.2. The van der Waals surface area contributed by atoms with Crippen LogP contribution in [0.2, 0.25) is 0 Å². The molecule has 0 aromatic heterocycles. The van der Waals surface area contributed by atoms with Gasteiger partial charge in [-0.25, -0.2) is 0 Å². The lowest BCUT2D eigenvalue weighted by Crippen LogP contribution is -2.12. The third kappa shape index (κ3) is 3.63. The van der Waals surface area contributed by atoms with Crippen LogP contribution in [0.3, 0.4) is 0 Å². The van der Waals surface area contributed by atoms with Crippen LogP contribution in [0.1, 0.15) is 12.5 Å². The standard InChI is InChI=1S/C10H10ClF3O/c1-7(11)6-15-9-5-3-2-4-8(9)10(12,13)14/h2-5,7H,6H2,1H3. The summed E-state index contributed by atoms with van der Waals surface area (Å²) in [6.07, 6.45) is -4.40. The van der Waals surface area contributed by atoms with Gasteiger partial charge in [0.1, 0.15) is 12.4 Å². The highest BCUT2D eigenvalue weighted by Crippen LogP contribution is 2.35. The number of hydrogen-bond acceptors (Lipinski definition) is 1. The molecule has 15 heavy (non-hydrogen) atoms. The van der Waals surface area contributed by atoms with Gasteiger partial charge in [-0.15, -0.1) is 11.6 Å². The molecular formula is C10H10ClF3O. The lowest BCUT2D eigenvalue weighted by Gasteiger charge is -2.14. The van der Waals surface area contributed by atoms with Crippen molar-refractivity contribution >= 4 is 11.6 Å². The zero-order valence-corrected chi connectivity index (χ0v) is 8.77. The van der Waals surface area contributed by atoms with Crippen LogP contribution >= 0.6 is 11.6 Å². The maximum absolute atomic E-state index is 12.5. The zero-order valence-electron chi connectivity index (χ0n) is 8.01. The van der Waals surface area contributed by atoms with Crippen molar-refractivity contribution in [2.75, 3.05) is 6.61 Å². The average Bonchev–Trinajstić information content (AvgIpc) is 2.13. The first-order chi connectivity index (χ1) is 6.91. The number of alkyl halides is 4. The first-order valence-electron chi connectivity index (χ1n) is 4.34. The van der Waals surface area contributed by atoms with E-state index in [-0.39, 0.29) is 17.7 Å². The minimum absolute atomic E-state index is 0.0502. The molecule has 1 unspecified atom stereocenters. The second-order valence-electron chi connectivity index (χ2n) is 3.09. The van der Waals surface area contributed by atoms with E-state index in [0.717, 1.165) is 6.07 Å². The van der Waals surface area contributed by atoms with Crippen LogP contribution in [0.5, 0.6) is 5.75 Å². The molecule has 0 amide bonds. The summed E-state index contributed by atoms with van der Waals surface area (Å²) in [5.74, 6) is -0.183. The Bertz CT molecular complexity index is 323. The van der Waals surface area contributed by atoms with E-state index in [1.807, 2.05) is 0 Å². The molecule has 1 atom stereocenters. The van der Waals surface area contributed by atoms with Crippen molar-refractivity contribution < 1.29 is 17.9 Å². The number of para-hydroxylation sites is 1. The molecule has 5 heteroatoms. The molecule has 0 saturated carbocycles. The molecule has 0 aliphatic carbocycles. The van der Waals surface area contributed by atoms with E-state index in [1.54, 1.807) is 6.92 Å². The van der Waals surface area contributed by atoms with Crippen LogP contribution in [0.15, 0.2) is 24.3 Å². The topological polar surface area (TPSA) is 9.23 Å². The fourth-order valence-electron chi connectivity index (χ4n) is 1.03. The Kier molecular flexibility index (Phi) is 3.85. The lowest BCUT2D eigenvalue weighted by atomic mass is 10.2. The second kappa shape index (κ2) is 4.75. The average molecular weight is 239 g/mol. The van der Waals surface area contributed by atoms with Gasteiger partial charge in [0.05, 0.1) is 10.9 Å².